The van der Waals surface area contributed by atoms with Crippen molar-refractivity contribution in [2.75, 3.05) is 19.7 Å². The van der Waals surface area contributed by atoms with Gasteiger partial charge in [0.1, 0.15) is 6.61 Å². The lowest BCUT2D eigenvalue weighted by molar-refractivity contribution is 0.0652. The molecule has 3 aromatic rings. The molecule has 1 unspecified atom stereocenters. The number of carbonyl (C=O) groups excluding carboxylic acids is 1. The Morgan fingerprint density at radius 3 is 2.42 bits per heavy atom. The summed E-state index contributed by atoms with van der Waals surface area (Å²) in [6, 6.07) is 17.9. The summed E-state index contributed by atoms with van der Waals surface area (Å²) < 4.78 is 10.6. The van der Waals surface area contributed by atoms with E-state index in [0.717, 1.165) is 12.8 Å². The van der Waals surface area contributed by atoms with Crippen molar-refractivity contribution in [1.82, 2.24) is 10.1 Å². The standard InChI is InChI=1S/C24H22N2O5/c27-23(28)22-12-21(25-31-22)15-6-5-11-26(13-15)24(29)30-14-20-18-9-3-1-7-16(18)17-8-2-4-10-19(17)20/h1-4,7-10,12,15,20H,5-6,11,13-14H2,(H,27,28). The maximum Gasteiger partial charge on any atom is 0.409 e. The molecule has 5 rings (SSSR count). The monoisotopic (exact) mass is 418 g/mol. The van der Waals surface area contributed by atoms with Crippen LogP contribution < -0.4 is 0 Å². The first-order valence-corrected chi connectivity index (χ1v) is 10.4. The number of ether oxygens (including phenoxy) is 1. The number of carboxylic acid groups (broad SMARTS) is 1. The summed E-state index contributed by atoms with van der Waals surface area (Å²) in [5.41, 5.74) is 5.30. The molecular weight excluding hydrogens is 396 g/mol. The van der Waals surface area contributed by atoms with Gasteiger partial charge in [0.2, 0.25) is 5.76 Å². The normalized spacial score (nSPS) is 17.8. The molecule has 1 N–H and O–H groups in total. The first-order chi connectivity index (χ1) is 15.1. The summed E-state index contributed by atoms with van der Waals surface area (Å²) in [5, 5.41) is 12.9. The highest BCUT2D eigenvalue weighted by Crippen LogP contribution is 2.44. The summed E-state index contributed by atoms with van der Waals surface area (Å²) in [4.78, 5) is 25.5. The third kappa shape index (κ3) is 3.56. The van der Waals surface area contributed by atoms with E-state index in [1.165, 1.54) is 28.3 Å². The third-order valence-electron chi connectivity index (χ3n) is 6.17. The fraction of sp³-hybridized carbons (Fsp3) is 0.292. The number of amides is 1. The van der Waals surface area contributed by atoms with Crippen molar-refractivity contribution in [1.29, 1.82) is 0 Å². The van der Waals surface area contributed by atoms with Crippen molar-refractivity contribution in [3.05, 3.63) is 77.2 Å². The molecule has 2 aromatic carbocycles. The second-order valence-electron chi connectivity index (χ2n) is 8.01. The third-order valence-corrected chi connectivity index (χ3v) is 6.17. The van der Waals surface area contributed by atoms with Crippen LogP contribution in [0.1, 0.15) is 52.1 Å². The van der Waals surface area contributed by atoms with Crippen LogP contribution in [0, 0.1) is 0 Å². The Morgan fingerprint density at radius 2 is 1.77 bits per heavy atom. The molecule has 7 heteroatoms. The van der Waals surface area contributed by atoms with Gasteiger partial charge in [-0.1, -0.05) is 53.7 Å². The van der Waals surface area contributed by atoms with E-state index in [1.807, 2.05) is 24.3 Å². The predicted octanol–water partition coefficient (Wildman–Crippen LogP) is 4.50. The van der Waals surface area contributed by atoms with Gasteiger partial charge in [-0.25, -0.2) is 9.59 Å². The molecule has 0 bridgehead atoms. The van der Waals surface area contributed by atoms with Gasteiger partial charge in [0, 0.05) is 31.0 Å². The lowest BCUT2D eigenvalue weighted by atomic mass is 9.95. The molecule has 1 aliphatic carbocycles. The summed E-state index contributed by atoms with van der Waals surface area (Å²) >= 11 is 0. The molecule has 1 atom stereocenters. The molecule has 1 aliphatic heterocycles. The quantitative estimate of drug-likeness (QED) is 0.671. The van der Waals surface area contributed by atoms with Crippen molar-refractivity contribution in [3.63, 3.8) is 0 Å². The largest absolute Gasteiger partial charge is 0.475 e. The van der Waals surface area contributed by atoms with Gasteiger partial charge in [0.15, 0.2) is 0 Å². The van der Waals surface area contributed by atoms with Gasteiger partial charge in [-0.15, -0.1) is 0 Å². The highest BCUT2D eigenvalue weighted by atomic mass is 16.6. The van der Waals surface area contributed by atoms with Crippen molar-refractivity contribution in [3.8, 4) is 11.1 Å². The van der Waals surface area contributed by atoms with Crippen LogP contribution >= 0.6 is 0 Å². The van der Waals surface area contributed by atoms with E-state index in [-0.39, 0.29) is 30.3 Å². The fourth-order valence-corrected chi connectivity index (χ4v) is 4.65. The Kier molecular flexibility index (Phi) is 4.94. The van der Waals surface area contributed by atoms with Crippen LogP contribution in [0.3, 0.4) is 0 Å². The number of piperidine rings is 1. The predicted molar refractivity (Wildman–Crippen MR) is 112 cm³/mol. The molecular formula is C24H22N2O5. The summed E-state index contributed by atoms with van der Waals surface area (Å²) in [5.74, 6) is -1.38. The van der Waals surface area contributed by atoms with Crippen LogP contribution in [-0.2, 0) is 4.74 Å². The number of hydrogen-bond acceptors (Lipinski definition) is 5. The zero-order valence-corrected chi connectivity index (χ0v) is 16.9. The Bertz CT molecular complexity index is 1090. The van der Waals surface area contributed by atoms with Crippen LogP contribution in [0.15, 0.2) is 59.1 Å². The minimum Gasteiger partial charge on any atom is -0.475 e. The van der Waals surface area contributed by atoms with E-state index in [2.05, 4.69) is 29.4 Å². The Hall–Kier alpha value is -3.61. The lowest BCUT2D eigenvalue weighted by Gasteiger charge is -2.31. The van der Waals surface area contributed by atoms with Gasteiger partial charge in [-0.2, -0.15) is 0 Å². The zero-order chi connectivity index (χ0) is 21.4. The topological polar surface area (TPSA) is 92.9 Å². The van der Waals surface area contributed by atoms with Crippen LogP contribution in [0.25, 0.3) is 11.1 Å². The first kappa shape index (κ1) is 19.4. The van der Waals surface area contributed by atoms with E-state index in [4.69, 9.17) is 14.4 Å². The van der Waals surface area contributed by atoms with Crippen molar-refractivity contribution >= 4 is 12.1 Å². The van der Waals surface area contributed by atoms with E-state index in [0.29, 0.717) is 18.8 Å². The number of hydrogen-bond donors (Lipinski definition) is 1. The van der Waals surface area contributed by atoms with Crippen LogP contribution in [0.5, 0.6) is 0 Å². The minimum absolute atomic E-state index is 0.0191. The maximum absolute atomic E-state index is 12.8. The SMILES string of the molecule is O=C(O)c1cc(C2CCCN(C(=O)OCC3c4ccccc4-c4ccccc43)C2)no1. The van der Waals surface area contributed by atoms with Gasteiger partial charge >= 0.3 is 12.1 Å². The molecule has 0 saturated carbocycles. The first-order valence-electron chi connectivity index (χ1n) is 10.4. The van der Waals surface area contributed by atoms with Crippen molar-refractivity contribution in [2.24, 2.45) is 0 Å². The van der Waals surface area contributed by atoms with Crippen LogP contribution in [0.4, 0.5) is 4.79 Å². The number of carbonyl (C=O) groups is 2. The number of aromatic nitrogens is 1. The number of nitrogens with zero attached hydrogens (tertiary/aromatic N) is 2. The van der Waals surface area contributed by atoms with E-state index in [1.54, 1.807) is 4.90 Å². The summed E-state index contributed by atoms with van der Waals surface area (Å²) in [6.07, 6.45) is 1.26. The number of rotatable bonds is 4. The summed E-state index contributed by atoms with van der Waals surface area (Å²) in [6.45, 7) is 1.32. The van der Waals surface area contributed by atoms with Gasteiger partial charge in [-0.05, 0) is 35.1 Å². The molecule has 0 spiro atoms. The number of fused-ring (bicyclic) bond motifs is 3. The average Bonchev–Trinajstić information content (AvgIpc) is 3.42. The van der Waals surface area contributed by atoms with Gasteiger partial charge < -0.3 is 19.3 Å². The second-order valence-corrected chi connectivity index (χ2v) is 8.01. The Balaban J connectivity index is 1.27. The van der Waals surface area contributed by atoms with Crippen LogP contribution in [0.2, 0.25) is 0 Å². The maximum atomic E-state index is 12.8. The molecule has 1 aromatic heterocycles. The highest BCUT2D eigenvalue weighted by Gasteiger charge is 2.32. The molecule has 2 heterocycles. The minimum atomic E-state index is -1.15. The van der Waals surface area contributed by atoms with Crippen molar-refractivity contribution in [2.45, 2.75) is 24.7 Å². The summed E-state index contributed by atoms with van der Waals surface area (Å²) in [7, 11) is 0. The molecule has 1 saturated heterocycles. The lowest BCUT2D eigenvalue weighted by Crippen LogP contribution is -2.40. The Labute approximate surface area is 179 Å². The zero-order valence-electron chi connectivity index (χ0n) is 16.9. The van der Waals surface area contributed by atoms with Gasteiger partial charge in [0.05, 0.1) is 5.69 Å². The number of benzene rings is 2. The fourth-order valence-electron chi connectivity index (χ4n) is 4.65. The average molecular weight is 418 g/mol. The molecule has 1 fully saturated rings. The molecule has 31 heavy (non-hydrogen) atoms. The molecule has 158 valence electrons. The second kappa shape index (κ2) is 7.91. The highest BCUT2D eigenvalue weighted by molar-refractivity contribution is 5.84. The molecule has 2 aliphatic rings. The molecule has 1 amide bonds. The molecule has 7 nitrogen and oxygen atoms in total. The molecule has 0 radical (unpaired) electrons. The number of aromatic carboxylic acids is 1. The van der Waals surface area contributed by atoms with E-state index in [9.17, 15) is 9.59 Å². The van der Waals surface area contributed by atoms with E-state index < -0.39 is 5.97 Å². The number of likely N-dealkylation sites (tertiary alicyclic amines) is 1. The van der Waals surface area contributed by atoms with E-state index >= 15 is 0 Å². The smallest absolute Gasteiger partial charge is 0.409 e. The number of carboxylic acids is 1. The van der Waals surface area contributed by atoms with Crippen molar-refractivity contribution < 1.29 is 24.0 Å². The van der Waals surface area contributed by atoms with Gasteiger partial charge in [-0.3, -0.25) is 0 Å². The van der Waals surface area contributed by atoms with Crippen LogP contribution in [-0.4, -0.2) is 46.9 Å². The Morgan fingerprint density at radius 1 is 1.10 bits per heavy atom. The van der Waals surface area contributed by atoms with Gasteiger partial charge in [0.25, 0.3) is 0 Å².